The molecule has 34 heavy (non-hydrogen) atoms. The number of nitrogens with one attached hydrogen (secondary N) is 1. The minimum Gasteiger partial charge on any atom is -0.469 e. The number of esters is 1. The van der Waals surface area contributed by atoms with E-state index in [0.29, 0.717) is 36.7 Å². The maximum atomic E-state index is 11.4. The zero-order chi connectivity index (χ0) is 26.8. The SMILES string of the molecule is CC(C)(C)CC1(CO)CCNCC1.CC(C)C/C=C\CO.CCC(CO)(CC(C)C)C(=O)OC. The standard InChI is InChI=1S/C11H23NO.C10H20O3.C7H14O/c1-10(2,3)8-11(9-13)4-6-12-7-5-11;1-5-10(7-11,6-8(2)3)9(12)13-4;1-7(2)5-3-4-6-8/h12-13H,4-9H2,1-3H3;8,11H,5-7H2,1-4H3;3-4,7-8H,5-6H2,1-2H3/b;;4-3-. The molecule has 0 amide bonds. The molecule has 1 heterocycles. The van der Waals surface area contributed by atoms with Crippen LogP contribution in [0.2, 0.25) is 0 Å². The van der Waals surface area contributed by atoms with Crippen LogP contribution in [0.15, 0.2) is 12.2 Å². The molecule has 6 nitrogen and oxygen atoms in total. The van der Waals surface area contributed by atoms with Crippen molar-refractivity contribution in [2.75, 3.05) is 40.0 Å². The molecule has 0 saturated carbocycles. The van der Waals surface area contributed by atoms with Gasteiger partial charge in [0.1, 0.15) is 0 Å². The van der Waals surface area contributed by atoms with Crippen molar-refractivity contribution >= 4 is 5.97 Å². The molecule has 0 aromatic rings. The van der Waals surface area contributed by atoms with E-state index < -0.39 is 5.41 Å². The second-order valence-electron chi connectivity index (χ2n) is 11.8. The Kier molecular flexibility index (Phi) is 19.0. The Morgan fingerprint density at radius 1 is 1.03 bits per heavy atom. The van der Waals surface area contributed by atoms with Crippen molar-refractivity contribution in [2.24, 2.45) is 28.1 Å². The zero-order valence-electron chi connectivity index (χ0n) is 23.7. The summed E-state index contributed by atoms with van der Waals surface area (Å²) in [5.74, 6) is 0.787. The van der Waals surface area contributed by atoms with Crippen LogP contribution in [0.3, 0.4) is 0 Å². The smallest absolute Gasteiger partial charge is 0.314 e. The van der Waals surface area contributed by atoms with Crippen LogP contribution in [0.25, 0.3) is 0 Å². The molecule has 0 bridgehead atoms. The van der Waals surface area contributed by atoms with Crippen LogP contribution in [0.4, 0.5) is 0 Å². The van der Waals surface area contributed by atoms with E-state index >= 15 is 0 Å². The lowest BCUT2D eigenvalue weighted by molar-refractivity contribution is -0.157. The lowest BCUT2D eigenvalue weighted by atomic mass is 9.69. The minimum atomic E-state index is -0.692. The van der Waals surface area contributed by atoms with Gasteiger partial charge < -0.3 is 25.4 Å². The van der Waals surface area contributed by atoms with Crippen molar-refractivity contribution < 1.29 is 24.9 Å². The first-order valence-electron chi connectivity index (χ1n) is 13.0. The second kappa shape index (κ2) is 18.3. The number of rotatable bonds is 10. The van der Waals surface area contributed by atoms with Crippen molar-refractivity contribution in [1.29, 1.82) is 0 Å². The molecular weight excluding hydrogens is 430 g/mol. The summed E-state index contributed by atoms with van der Waals surface area (Å²) >= 11 is 0. The van der Waals surface area contributed by atoms with Crippen molar-refractivity contribution in [3.05, 3.63) is 12.2 Å². The number of ether oxygens (including phenoxy) is 1. The van der Waals surface area contributed by atoms with Crippen LogP contribution in [0.5, 0.6) is 0 Å². The predicted molar refractivity (Wildman–Crippen MR) is 143 cm³/mol. The van der Waals surface area contributed by atoms with Crippen LogP contribution in [-0.4, -0.2) is 61.3 Å². The monoisotopic (exact) mass is 487 g/mol. The lowest BCUT2D eigenvalue weighted by Crippen LogP contribution is -2.41. The number of allylic oxidation sites excluding steroid dienone is 1. The Morgan fingerprint density at radius 3 is 1.91 bits per heavy atom. The lowest BCUT2D eigenvalue weighted by Gasteiger charge is -2.40. The Bertz CT molecular complexity index is 527. The molecule has 1 unspecified atom stereocenters. The Balaban J connectivity index is 0. The van der Waals surface area contributed by atoms with Crippen LogP contribution in [0.1, 0.15) is 93.9 Å². The Morgan fingerprint density at radius 2 is 1.59 bits per heavy atom. The molecule has 1 atom stereocenters. The summed E-state index contributed by atoms with van der Waals surface area (Å²) in [5.41, 5.74) is -0.160. The van der Waals surface area contributed by atoms with Gasteiger partial charge in [-0.3, -0.25) is 4.79 Å². The summed E-state index contributed by atoms with van der Waals surface area (Å²) in [5, 5.41) is 30.3. The van der Waals surface area contributed by atoms with E-state index in [1.54, 1.807) is 6.08 Å². The molecule has 0 spiro atoms. The summed E-state index contributed by atoms with van der Waals surface area (Å²) in [6.45, 7) is 19.6. The molecule has 0 radical (unpaired) electrons. The van der Waals surface area contributed by atoms with Crippen molar-refractivity contribution in [2.45, 2.75) is 93.9 Å². The van der Waals surface area contributed by atoms with Gasteiger partial charge in [0.2, 0.25) is 0 Å². The fourth-order valence-corrected chi connectivity index (χ4v) is 4.53. The summed E-state index contributed by atoms with van der Waals surface area (Å²) in [4.78, 5) is 11.4. The van der Waals surface area contributed by atoms with E-state index in [2.05, 4.69) is 39.9 Å². The molecule has 204 valence electrons. The molecule has 6 heteroatoms. The number of hydrogen-bond donors (Lipinski definition) is 4. The fraction of sp³-hybridized carbons (Fsp3) is 0.893. The average Bonchev–Trinajstić information content (AvgIpc) is 2.77. The Labute approximate surface area is 210 Å². The van der Waals surface area contributed by atoms with Gasteiger partial charge in [-0.1, -0.05) is 67.5 Å². The topological polar surface area (TPSA) is 99.0 Å². The summed E-state index contributed by atoms with van der Waals surface area (Å²) in [6, 6.07) is 0. The molecule has 0 aliphatic carbocycles. The second-order valence-corrected chi connectivity index (χ2v) is 11.8. The highest BCUT2D eigenvalue weighted by molar-refractivity contribution is 5.76. The largest absolute Gasteiger partial charge is 0.469 e. The summed E-state index contributed by atoms with van der Waals surface area (Å²) in [7, 11) is 1.36. The third-order valence-corrected chi connectivity index (χ3v) is 6.18. The molecule has 4 N–H and O–H groups in total. The maximum absolute atomic E-state index is 11.4. The molecule has 0 aromatic carbocycles. The van der Waals surface area contributed by atoms with Gasteiger partial charge in [0, 0.05) is 6.61 Å². The number of aliphatic hydroxyl groups is 3. The molecular formula is C28H57NO5. The number of methoxy groups -OCH3 is 1. The van der Waals surface area contributed by atoms with Gasteiger partial charge in [-0.2, -0.15) is 0 Å². The van der Waals surface area contributed by atoms with E-state index in [-0.39, 0.29) is 24.6 Å². The normalized spacial score (nSPS) is 17.5. The molecule has 0 aromatic heterocycles. The first kappa shape index (κ1) is 35.2. The summed E-state index contributed by atoms with van der Waals surface area (Å²) in [6.07, 6.45) is 9.53. The van der Waals surface area contributed by atoms with Gasteiger partial charge in [0.25, 0.3) is 0 Å². The molecule has 1 fully saturated rings. The third kappa shape index (κ3) is 15.9. The van der Waals surface area contributed by atoms with Crippen molar-refractivity contribution in [1.82, 2.24) is 5.32 Å². The number of hydrogen-bond acceptors (Lipinski definition) is 6. The Hall–Kier alpha value is -0.950. The zero-order valence-corrected chi connectivity index (χ0v) is 23.7. The van der Waals surface area contributed by atoms with Crippen LogP contribution in [0, 0.1) is 28.1 Å². The van der Waals surface area contributed by atoms with Gasteiger partial charge in [0.15, 0.2) is 0 Å². The fourth-order valence-electron chi connectivity index (χ4n) is 4.53. The quantitative estimate of drug-likeness (QED) is 0.257. The first-order chi connectivity index (χ1) is 15.8. The van der Waals surface area contributed by atoms with Gasteiger partial charge in [0.05, 0.1) is 25.7 Å². The van der Waals surface area contributed by atoms with E-state index in [9.17, 15) is 15.0 Å². The molecule has 1 aliphatic rings. The highest BCUT2D eigenvalue weighted by Crippen LogP contribution is 2.39. The van der Waals surface area contributed by atoms with Crippen LogP contribution in [-0.2, 0) is 9.53 Å². The van der Waals surface area contributed by atoms with E-state index in [4.69, 9.17) is 9.84 Å². The maximum Gasteiger partial charge on any atom is 0.314 e. The summed E-state index contributed by atoms with van der Waals surface area (Å²) < 4.78 is 4.70. The minimum absolute atomic E-state index is 0.131. The highest BCUT2D eigenvalue weighted by atomic mass is 16.5. The number of carbonyl (C=O) groups is 1. The third-order valence-electron chi connectivity index (χ3n) is 6.18. The van der Waals surface area contributed by atoms with Crippen molar-refractivity contribution in [3.63, 3.8) is 0 Å². The molecule has 1 saturated heterocycles. The van der Waals surface area contributed by atoms with Crippen LogP contribution >= 0.6 is 0 Å². The van der Waals surface area contributed by atoms with Crippen LogP contribution < -0.4 is 5.32 Å². The number of carbonyl (C=O) groups excluding carboxylic acids is 1. The van der Waals surface area contributed by atoms with Gasteiger partial charge in [-0.15, -0.1) is 0 Å². The van der Waals surface area contributed by atoms with E-state index in [1.165, 1.54) is 7.11 Å². The molecule has 1 aliphatic heterocycles. The van der Waals surface area contributed by atoms with Gasteiger partial charge in [-0.05, 0) is 74.3 Å². The number of aliphatic hydroxyl groups excluding tert-OH is 3. The number of piperidine rings is 1. The molecule has 1 rings (SSSR count). The highest BCUT2D eigenvalue weighted by Gasteiger charge is 2.37. The van der Waals surface area contributed by atoms with Gasteiger partial charge >= 0.3 is 5.97 Å². The van der Waals surface area contributed by atoms with E-state index in [1.807, 2.05) is 26.8 Å². The van der Waals surface area contributed by atoms with Gasteiger partial charge in [-0.25, -0.2) is 0 Å². The predicted octanol–water partition coefficient (Wildman–Crippen LogP) is 4.96. The first-order valence-corrected chi connectivity index (χ1v) is 13.0. The van der Waals surface area contributed by atoms with Crippen molar-refractivity contribution in [3.8, 4) is 0 Å². The van der Waals surface area contributed by atoms with E-state index in [0.717, 1.165) is 38.8 Å². The average molecular weight is 488 g/mol.